The van der Waals surface area contributed by atoms with E-state index in [0.717, 1.165) is 13.1 Å². The molecule has 186 valence electrons. The highest BCUT2D eigenvalue weighted by molar-refractivity contribution is 5.91. The van der Waals surface area contributed by atoms with Gasteiger partial charge in [-0.3, -0.25) is 19.1 Å². The molecule has 1 fully saturated rings. The summed E-state index contributed by atoms with van der Waals surface area (Å²) in [7, 11) is 3.05. The number of rotatable bonds is 8. The van der Waals surface area contributed by atoms with E-state index in [2.05, 4.69) is 24.1 Å². The Bertz CT molecular complexity index is 1250. The Balaban J connectivity index is 1.68. The lowest BCUT2D eigenvalue weighted by Gasteiger charge is -2.27. The molecule has 0 bridgehead atoms. The molecule has 0 radical (unpaired) electrons. The second-order valence-corrected chi connectivity index (χ2v) is 8.86. The van der Waals surface area contributed by atoms with Crippen molar-refractivity contribution in [2.45, 2.75) is 32.9 Å². The third-order valence-corrected chi connectivity index (χ3v) is 6.17. The molecule has 35 heavy (non-hydrogen) atoms. The van der Waals surface area contributed by atoms with Gasteiger partial charge in [0.1, 0.15) is 12.4 Å². The van der Waals surface area contributed by atoms with Crippen LogP contribution in [0.5, 0.6) is 11.5 Å². The fourth-order valence-electron chi connectivity index (χ4n) is 4.13. The van der Waals surface area contributed by atoms with Gasteiger partial charge in [-0.1, -0.05) is 26.0 Å². The second-order valence-electron chi connectivity index (χ2n) is 8.86. The molecule has 1 aromatic heterocycles. The lowest BCUT2D eigenvalue weighted by molar-refractivity contribution is -0.116. The van der Waals surface area contributed by atoms with E-state index in [-0.39, 0.29) is 18.0 Å². The molecular formula is C26H32N4O5. The first-order chi connectivity index (χ1) is 16.9. The minimum absolute atomic E-state index is 0.151. The number of amides is 1. The van der Waals surface area contributed by atoms with E-state index in [0.29, 0.717) is 59.6 Å². The van der Waals surface area contributed by atoms with E-state index in [1.807, 2.05) is 24.3 Å². The molecule has 0 atom stereocenters. The van der Waals surface area contributed by atoms with Crippen molar-refractivity contribution < 1.29 is 19.0 Å². The zero-order chi connectivity index (χ0) is 24.9. The highest BCUT2D eigenvalue weighted by atomic mass is 16.5. The predicted molar refractivity (Wildman–Crippen MR) is 134 cm³/mol. The number of carbonyl (C=O) groups is 1. The van der Waals surface area contributed by atoms with Crippen molar-refractivity contribution >= 4 is 22.5 Å². The average molecular weight is 481 g/mol. The molecule has 3 aromatic rings. The third kappa shape index (κ3) is 5.63. The number of carbonyl (C=O) groups excluding carboxylic acids is 1. The molecule has 2 heterocycles. The van der Waals surface area contributed by atoms with Gasteiger partial charge < -0.3 is 19.5 Å². The van der Waals surface area contributed by atoms with E-state index < -0.39 is 0 Å². The Hall–Kier alpha value is -3.43. The van der Waals surface area contributed by atoms with Crippen molar-refractivity contribution in [3.05, 3.63) is 58.1 Å². The first-order valence-corrected chi connectivity index (χ1v) is 11.7. The Labute approximate surface area is 204 Å². The van der Waals surface area contributed by atoms with Crippen LogP contribution < -0.4 is 20.3 Å². The smallest absolute Gasteiger partial charge is 0.262 e. The van der Waals surface area contributed by atoms with Gasteiger partial charge in [0.25, 0.3) is 5.56 Å². The van der Waals surface area contributed by atoms with Crippen molar-refractivity contribution in [2.75, 3.05) is 45.8 Å². The van der Waals surface area contributed by atoms with E-state index in [9.17, 15) is 9.59 Å². The molecule has 1 N–H and O–H groups in total. The zero-order valence-electron chi connectivity index (χ0n) is 20.7. The zero-order valence-corrected chi connectivity index (χ0v) is 20.7. The number of methoxy groups -OCH3 is 2. The van der Waals surface area contributed by atoms with Crippen LogP contribution in [-0.4, -0.2) is 60.9 Å². The number of morpholine rings is 1. The number of ether oxygens (including phenoxy) is 3. The van der Waals surface area contributed by atoms with Gasteiger partial charge in [-0.2, -0.15) is 0 Å². The van der Waals surface area contributed by atoms with Crippen LogP contribution in [0.25, 0.3) is 10.9 Å². The van der Waals surface area contributed by atoms with E-state index in [1.165, 1.54) is 24.4 Å². The molecule has 9 nitrogen and oxygen atoms in total. The van der Waals surface area contributed by atoms with Crippen LogP contribution in [-0.2, 0) is 22.6 Å². The minimum atomic E-state index is -0.301. The molecule has 1 aliphatic heterocycles. The Morgan fingerprint density at radius 2 is 1.74 bits per heavy atom. The van der Waals surface area contributed by atoms with E-state index in [1.54, 1.807) is 12.1 Å². The first-order valence-electron chi connectivity index (χ1n) is 11.7. The summed E-state index contributed by atoms with van der Waals surface area (Å²) in [5.74, 6) is 1.54. The van der Waals surface area contributed by atoms with Crippen molar-refractivity contribution in [1.82, 2.24) is 14.5 Å². The van der Waals surface area contributed by atoms with Crippen LogP contribution in [0.1, 0.15) is 31.2 Å². The van der Waals surface area contributed by atoms with E-state index >= 15 is 0 Å². The first kappa shape index (κ1) is 24.7. The number of aromatic nitrogens is 2. The molecule has 9 heteroatoms. The predicted octanol–water partition coefficient (Wildman–Crippen LogP) is 3.01. The summed E-state index contributed by atoms with van der Waals surface area (Å²) < 4.78 is 17.7. The Kier molecular flexibility index (Phi) is 7.67. The molecule has 0 unspecified atom stereocenters. The van der Waals surface area contributed by atoms with Crippen molar-refractivity contribution in [3.8, 4) is 11.5 Å². The van der Waals surface area contributed by atoms with Gasteiger partial charge in [0.2, 0.25) is 5.91 Å². The monoisotopic (exact) mass is 480 g/mol. The van der Waals surface area contributed by atoms with E-state index in [4.69, 9.17) is 19.2 Å². The number of fused-ring (bicyclic) bond motifs is 1. The lowest BCUT2D eigenvalue weighted by Crippen LogP contribution is -2.39. The average Bonchev–Trinajstić information content (AvgIpc) is 2.86. The van der Waals surface area contributed by atoms with Crippen molar-refractivity contribution in [2.24, 2.45) is 0 Å². The molecular weight excluding hydrogens is 448 g/mol. The molecule has 1 amide bonds. The summed E-state index contributed by atoms with van der Waals surface area (Å²) in [6, 6.07) is 11.0. The standard InChI is InChI=1S/C26H32N4O5/c1-17(2)18-5-7-19(8-6-18)27-25(31)16-30-24(15-29-9-11-35-12-10-29)28-21-14-23(34-4)22(33-3)13-20(21)26(30)32/h5-8,13-14,17H,9-12,15-16H2,1-4H3,(H,27,31). The minimum Gasteiger partial charge on any atom is -0.493 e. The summed E-state index contributed by atoms with van der Waals surface area (Å²) >= 11 is 0. The van der Waals surface area contributed by atoms with Crippen LogP contribution in [0.2, 0.25) is 0 Å². The molecule has 4 rings (SSSR count). The molecule has 2 aromatic carbocycles. The second kappa shape index (κ2) is 10.9. The number of benzene rings is 2. The van der Waals surface area contributed by atoms with Gasteiger partial charge in [-0.05, 0) is 29.7 Å². The molecule has 1 saturated heterocycles. The molecule has 1 aliphatic rings. The Morgan fingerprint density at radius 1 is 1.09 bits per heavy atom. The van der Waals surface area contributed by atoms with Gasteiger partial charge >= 0.3 is 0 Å². The summed E-state index contributed by atoms with van der Waals surface area (Å²) in [6.07, 6.45) is 0. The fraction of sp³-hybridized carbons (Fsp3) is 0.423. The van der Waals surface area contributed by atoms with Crippen molar-refractivity contribution in [1.29, 1.82) is 0 Å². The van der Waals surface area contributed by atoms with Crippen LogP contribution in [0.3, 0.4) is 0 Å². The normalized spacial score (nSPS) is 14.3. The van der Waals surface area contributed by atoms with Gasteiger partial charge in [-0.15, -0.1) is 0 Å². The number of hydrogen-bond donors (Lipinski definition) is 1. The number of nitrogens with one attached hydrogen (secondary N) is 1. The third-order valence-electron chi connectivity index (χ3n) is 6.17. The Morgan fingerprint density at radius 3 is 2.37 bits per heavy atom. The molecule has 0 spiro atoms. The van der Waals surface area contributed by atoms with Gasteiger partial charge in [-0.25, -0.2) is 4.98 Å². The maximum absolute atomic E-state index is 13.6. The summed E-state index contributed by atoms with van der Waals surface area (Å²) in [6.45, 7) is 7.22. The van der Waals surface area contributed by atoms with Crippen LogP contribution >= 0.6 is 0 Å². The highest BCUT2D eigenvalue weighted by Crippen LogP contribution is 2.30. The van der Waals surface area contributed by atoms with Gasteiger partial charge in [0, 0.05) is 24.8 Å². The number of hydrogen-bond acceptors (Lipinski definition) is 7. The summed E-state index contributed by atoms with van der Waals surface area (Å²) in [4.78, 5) is 33.5. The van der Waals surface area contributed by atoms with Crippen LogP contribution in [0.4, 0.5) is 5.69 Å². The summed E-state index contributed by atoms with van der Waals surface area (Å²) in [5.41, 5.74) is 2.07. The SMILES string of the molecule is COc1cc2nc(CN3CCOCC3)n(CC(=O)Nc3ccc(C(C)C)cc3)c(=O)c2cc1OC. The maximum atomic E-state index is 13.6. The maximum Gasteiger partial charge on any atom is 0.262 e. The van der Waals surface area contributed by atoms with Gasteiger partial charge in [0.05, 0.1) is 44.9 Å². The molecule has 0 aliphatic carbocycles. The molecule has 0 saturated carbocycles. The van der Waals surface area contributed by atoms with Crippen molar-refractivity contribution in [3.63, 3.8) is 0 Å². The largest absolute Gasteiger partial charge is 0.493 e. The summed E-state index contributed by atoms with van der Waals surface area (Å²) in [5, 5.41) is 3.26. The number of nitrogens with zero attached hydrogens (tertiary/aromatic N) is 3. The quantitative estimate of drug-likeness (QED) is 0.530. The number of anilines is 1. The van der Waals surface area contributed by atoms with Crippen LogP contribution in [0.15, 0.2) is 41.2 Å². The van der Waals surface area contributed by atoms with Crippen LogP contribution in [0, 0.1) is 0 Å². The fourth-order valence-corrected chi connectivity index (χ4v) is 4.13. The topological polar surface area (TPSA) is 94.9 Å². The van der Waals surface area contributed by atoms with Gasteiger partial charge in [0.15, 0.2) is 11.5 Å². The highest BCUT2D eigenvalue weighted by Gasteiger charge is 2.20. The lowest BCUT2D eigenvalue weighted by atomic mass is 10.0.